The number of anilines is 3. The van der Waals surface area contributed by atoms with Crippen molar-refractivity contribution >= 4 is 17.3 Å². The molecule has 0 bridgehead atoms. The first kappa shape index (κ1) is 17.1. The van der Waals surface area contributed by atoms with Crippen LogP contribution < -0.4 is 14.7 Å². The van der Waals surface area contributed by atoms with Gasteiger partial charge in [0.1, 0.15) is 11.6 Å². The lowest BCUT2D eigenvalue weighted by Crippen LogP contribution is -2.47. The van der Waals surface area contributed by atoms with E-state index in [1.54, 1.807) is 0 Å². The first-order valence-corrected chi connectivity index (χ1v) is 9.51. The molecule has 0 N–H and O–H groups in total. The van der Waals surface area contributed by atoms with Gasteiger partial charge in [0.2, 0.25) is 0 Å². The Kier molecular flexibility index (Phi) is 4.93. The van der Waals surface area contributed by atoms with Crippen LogP contribution in [0, 0.1) is 6.92 Å². The van der Waals surface area contributed by atoms with E-state index in [-0.39, 0.29) is 0 Å². The monoisotopic (exact) mass is 352 g/mol. The normalized spacial score (nSPS) is 19.1. The molecule has 0 spiro atoms. The molecule has 2 fully saturated rings. The fourth-order valence-corrected chi connectivity index (χ4v) is 3.63. The number of piperazine rings is 2. The first-order valence-electron chi connectivity index (χ1n) is 9.51. The van der Waals surface area contributed by atoms with Crippen molar-refractivity contribution in [2.45, 2.75) is 6.92 Å². The van der Waals surface area contributed by atoms with Crippen molar-refractivity contribution in [3.8, 4) is 0 Å². The topological polar surface area (TPSA) is 38.7 Å². The van der Waals surface area contributed by atoms with E-state index in [4.69, 9.17) is 4.98 Å². The van der Waals surface area contributed by atoms with E-state index in [1.807, 2.05) is 12.4 Å². The number of pyridine rings is 2. The average molecular weight is 352 g/mol. The van der Waals surface area contributed by atoms with Gasteiger partial charge in [0.05, 0.1) is 11.9 Å². The molecule has 0 atom stereocenters. The van der Waals surface area contributed by atoms with Crippen LogP contribution in [-0.2, 0) is 0 Å². The van der Waals surface area contributed by atoms with Gasteiger partial charge < -0.3 is 19.6 Å². The first-order chi connectivity index (χ1) is 12.7. The zero-order valence-electron chi connectivity index (χ0n) is 15.8. The Morgan fingerprint density at radius 3 is 1.69 bits per heavy atom. The van der Waals surface area contributed by atoms with Gasteiger partial charge in [-0.2, -0.15) is 0 Å². The van der Waals surface area contributed by atoms with E-state index in [2.05, 4.69) is 62.8 Å². The van der Waals surface area contributed by atoms with Crippen LogP contribution in [-0.4, -0.2) is 74.3 Å². The quantitative estimate of drug-likeness (QED) is 0.840. The molecule has 0 amide bonds. The van der Waals surface area contributed by atoms with Gasteiger partial charge in [0.15, 0.2) is 0 Å². The summed E-state index contributed by atoms with van der Waals surface area (Å²) in [6, 6.07) is 8.65. The van der Waals surface area contributed by atoms with Crippen LogP contribution in [0.4, 0.5) is 17.3 Å². The Morgan fingerprint density at radius 1 is 0.654 bits per heavy atom. The van der Waals surface area contributed by atoms with Gasteiger partial charge in [-0.3, -0.25) is 0 Å². The molecule has 2 aromatic heterocycles. The molecular formula is C20H28N6. The Labute approximate surface area is 156 Å². The summed E-state index contributed by atoms with van der Waals surface area (Å²) in [7, 11) is 2.18. The molecule has 6 nitrogen and oxygen atoms in total. The number of aromatic nitrogens is 2. The van der Waals surface area contributed by atoms with E-state index in [9.17, 15) is 0 Å². The minimum atomic E-state index is 0.983. The molecule has 0 aromatic carbocycles. The van der Waals surface area contributed by atoms with Crippen LogP contribution in [0.5, 0.6) is 0 Å². The third kappa shape index (κ3) is 3.75. The number of nitrogens with zero attached hydrogens (tertiary/aromatic N) is 6. The molecule has 0 radical (unpaired) electrons. The Balaban J connectivity index is 1.35. The summed E-state index contributed by atoms with van der Waals surface area (Å²) in [6.45, 7) is 10.4. The Hall–Kier alpha value is -2.34. The fourth-order valence-electron chi connectivity index (χ4n) is 3.63. The van der Waals surface area contributed by atoms with Crippen molar-refractivity contribution in [3.63, 3.8) is 0 Å². The number of hydrogen-bond donors (Lipinski definition) is 0. The van der Waals surface area contributed by atoms with Crippen molar-refractivity contribution in [1.82, 2.24) is 14.9 Å². The third-order valence-corrected chi connectivity index (χ3v) is 5.42. The summed E-state index contributed by atoms with van der Waals surface area (Å²) in [6.07, 6.45) is 3.98. The summed E-state index contributed by atoms with van der Waals surface area (Å²) in [4.78, 5) is 18.8. The highest BCUT2D eigenvalue weighted by Gasteiger charge is 2.20. The molecule has 2 aliphatic rings. The number of likely N-dealkylation sites (N-methyl/N-ethyl adjacent to an activating group) is 1. The molecule has 2 aromatic rings. The largest absolute Gasteiger partial charge is 0.368 e. The molecule has 6 heteroatoms. The van der Waals surface area contributed by atoms with Gasteiger partial charge in [-0.25, -0.2) is 9.97 Å². The molecule has 2 saturated heterocycles. The van der Waals surface area contributed by atoms with E-state index in [1.165, 1.54) is 11.3 Å². The van der Waals surface area contributed by atoms with Gasteiger partial charge in [0, 0.05) is 58.6 Å². The van der Waals surface area contributed by atoms with E-state index < -0.39 is 0 Å². The highest BCUT2D eigenvalue weighted by Crippen LogP contribution is 2.21. The van der Waals surface area contributed by atoms with Crippen LogP contribution in [0.1, 0.15) is 5.56 Å². The fraction of sp³-hybridized carbons (Fsp3) is 0.500. The standard InChI is InChI=1S/C20H28N6/c1-17-3-5-19(21-15-17)25-11-13-26(14-12-25)20-6-4-18(16-22-20)24-9-7-23(2)8-10-24/h3-6,15-16H,7-14H2,1-2H3. The van der Waals surface area contributed by atoms with Crippen molar-refractivity contribution in [2.24, 2.45) is 0 Å². The SMILES string of the molecule is Cc1ccc(N2CCN(c3ccc(N4CCN(C)CC4)cn3)CC2)nc1. The van der Waals surface area contributed by atoms with Crippen LogP contribution in [0.15, 0.2) is 36.7 Å². The minimum absolute atomic E-state index is 0.983. The maximum atomic E-state index is 4.74. The highest BCUT2D eigenvalue weighted by atomic mass is 15.3. The van der Waals surface area contributed by atoms with Crippen LogP contribution >= 0.6 is 0 Å². The van der Waals surface area contributed by atoms with Gasteiger partial charge >= 0.3 is 0 Å². The number of hydrogen-bond acceptors (Lipinski definition) is 6. The lowest BCUT2D eigenvalue weighted by molar-refractivity contribution is 0.313. The summed E-state index contributed by atoms with van der Waals surface area (Å²) < 4.78 is 0. The van der Waals surface area contributed by atoms with E-state index in [0.717, 1.165) is 64.0 Å². The zero-order chi connectivity index (χ0) is 17.9. The molecule has 26 heavy (non-hydrogen) atoms. The summed E-state index contributed by atoms with van der Waals surface area (Å²) in [5.41, 5.74) is 2.45. The smallest absolute Gasteiger partial charge is 0.128 e. The van der Waals surface area contributed by atoms with Crippen molar-refractivity contribution < 1.29 is 0 Å². The second-order valence-corrected chi connectivity index (χ2v) is 7.33. The lowest BCUT2D eigenvalue weighted by Gasteiger charge is -2.36. The molecule has 2 aliphatic heterocycles. The van der Waals surface area contributed by atoms with Crippen molar-refractivity contribution in [3.05, 3.63) is 42.2 Å². The predicted molar refractivity (Wildman–Crippen MR) is 107 cm³/mol. The lowest BCUT2D eigenvalue weighted by atomic mass is 10.2. The number of rotatable bonds is 3. The molecular weight excluding hydrogens is 324 g/mol. The number of aryl methyl sites for hydroxylation is 1. The van der Waals surface area contributed by atoms with Crippen LogP contribution in [0.3, 0.4) is 0 Å². The van der Waals surface area contributed by atoms with Gasteiger partial charge in [-0.05, 0) is 37.7 Å². The predicted octanol–water partition coefficient (Wildman–Crippen LogP) is 1.86. The molecule has 0 saturated carbocycles. The zero-order valence-corrected chi connectivity index (χ0v) is 15.8. The second-order valence-electron chi connectivity index (χ2n) is 7.33. The van der Waals surface area contributed by atoms with Gasteiger partial charge in [-0.1, -0.05) is 6.07 Å². The summed E-state index contributed by atoms with van der Waals surface area (Å²) in [5, 5.41) is 0. The average Bonchev–Trinajstić information content (AvgIpc) is 2.70. The second kappa shape index (κ2) is 7.50. The van der Waals surface area contributed by atoms with E-state index in [0.29, 0.717) is 0 Å². The van der Waals surface area contributed by atoms with Crippen LogP contribution in [0.25, 0.3) is 0 Å². The van der Waals surface area contributed by atoms with Gasteiger partial charge in [-0.15, -0.1) is 0 Å². The molecule has 0 aliphatic carbocycles. The molecule has 138 valence electrons. The van der Waals surface area contributed by atoms with Crippen molar-refractivity contribution in [1.29, 1.82) is 0 Å². The Bertz CT molecular complexity index is 698. The van der Waals surface area contributed by atoms with Crippen LogP contribution in [0.2, 0.25) is 0 Å². The molecule has 0 unspecified atom stereocenters. The maximum absolute atomic E-state index is 4.74. The minimum Gasteiger partial charge on any atom is -0.368 e. The third-order valence-electron chi connectivity index (χ3n) is 5.42. The molecule has 4 rings (SSSR count). The Morgan fingerprint density at radius 2 is 1.19 bits per heavy atom. The van der Waals surface area contributed by atoms with E-state index >= 15 is 0 Å². The van der Waals surface area contributed by atoms with Gasteiger partial charge in [0.25, 0.3) is 0 Å². The summed E-state index contributed by atoms with van der Waals surface area (Å²) >= 11 is 0. The molecule has 4 heterocycles. The van der Waals surface area contributed by atoms with Crippen molar-refractivity contribution in [2.75, 3.05) is 74.1 Å². The highest BCUT2D eigenvalue weighted by molar-refractivity contribution is 5.52. The maximum Gasteiger partial charge on any atom is 0.128 e. The summed E-state index contributed by atoms with van der Waals surface area (Å²) in [5.74, 6) is 2.16.